The summed E-state index contributed by atoms with van der Waals surface area (Å²) in [5, 5.41) is 9.19. The van der Waals surface area contributed by atoms with E-state index in [1.807, 2.05) is 32.9 Å². The zero-order chi connectivity index (χ0) is 14.0. The van der Waals surface area contributed by atoms with Crippen molar-refractivity contribution in [3.05, 3.63) is 34.4 Å². The van der Waals surface area contributed by atoms with E-state index in [1.165, 1.54) is 0 Å². The summed E-state index contributed by atoms with van der Waals surface area (Å²) >= 11 is 0. The van der Waals surface area contributed by atoms with Gasteiger partial charge in [0.25, 0.3) is 0 Å². The normalized spacial score (nSPS) is 12.6. The molecule has 0 saturated carbocycles. The number of ketones is 1. The highest BCUT2D eigenvalue weighted by atomic mass is 16.4. The Labute approximate surface area is 108 Å². The van der Waals surface area contributed by atoms with Crippen LogP contribution in [0.1, 0.15) is 40.9 Å². The molecule has 3 nitrogen and oxygen atoms in total. The van der Waals surface area contributed by atoms with Crippen molar-refractivity contribution in [1.29, 1.82) is 0 Å². The minimum atomic E-state index is -1.05. The van der Waals surface area contributed by atoms with Gasteiger partial charge in [0, 0.05) is 5.56 Å². The summed E-state index contributed by atoms with van der Waals surface area (Å²) in [6, 6.07) is 3.83. The Morgan fingerprint density at radius 3 is 1.83 bits per heavy atom. The molecule has 1 N–H and O–H groups in total. The van der Waals surface area contributed by atoms with Gasteiger partial charge in [-0.3, -0.25) is 9.59 Å². The lowest BCUT2D eigenvalue weighted by Gasteiger charge is -2.18. The maximum absolute atomic E-state index is 12.4. The van der Waals surface area contributed by atoms with E-state index in [1.54, 1.807) is 13.8 Å². The van der Waals surface area contributed by atoms with Crippen LogP contribution in [0.3, 0.4) is 0 Å². The summed E-state index contributed by atoms with van der Waals surface area (Å²) in [5.74, 6) is -2.51. The van der Waals surface area contributed by atoms with Gasteiger partial charge in [0.1, 0.15) is 5.92 Å². The molecule has 98 valence electrons. The number of carbonyl (C=O) groups excluding carboxylic acids is 1. The van der Waals surface area contributed by atoms with Crippen LogP contribution in [0.15, 0.2) is 12.1 Å². The summed E-state index contributed by atoms with van der Waals surface area (Å²) in [4.78, 5) is 23.6. The monoisotopic (exact) mass is 248 g/mol. The molecule has 0 aliphatic carbocycles. The Bertz CT molecular complexity index is 464. The van der Waals surface area contributed by atoms with Crippen LogP contribution in [0.2, 0.25) is 0 Å². The number of Topliss-reactive ketones (excluding diaryl/α,β-unsaturated/α-hetero) is 1. The number of hydrogen-bond donors (Lipinski definition) is 1. The first kappa shape index (κ1) is 14.4. The van der Waals surface area contributed by atoms with Crippen LogP contribution >= 0.6 is 0 Å². The van der Waals surface area contributed by atoms with Gasteiger partial charge in [-0.1, -0.05) is 31.5 Å². The fraction of sp³-hybridized carbons (Fsp3) is 0.467. The Balaban J connectivity index is 3.30. The van der Waals surface area contributed by atoms with Crippen molar-refractivity contribution in [2.24, 2.45) is 11.8 Å². The largest absolute Gasteiger partial charge is 0.481 e. The van der Waals surface area contributed by atoms with E-state index in [4.69, 9.17) is 0 Å². The second-order valence-electron chi connectivity index (χ2n) is 5.20. The molecule has 0 heterocycles. The second kappa shape index (κ2) is 5.34. The summed E-state index contributed by atoms with van der Waals surface area (Å²) in [6.07, 6.45) is 0. The SMILES string of the molecule is Cc1cc(C)c(C(=O)C(C(=O)O)C(C)C)c(C)c1. The molecule has 1 unspecified atom stereocenters. The fourth-order valence-corrected chi connectivity index (χ4v) is 2.42. The fourth-order valence-electron chi connectivity index (χ4n) is 2.42. The highest BCUT2D eigenvalue weighted by molar-refractivity contribution is 6.10. The third kappa shape index (κ3) is 2.78. The molecule has 0 saturated heterocycles. The van der Waals surface area contributed by atoms with E-state index in [9.17, 15) is 14.7 Å². The molecule has 1 rings (SSSR count). The maximum Gasteiger partial charge on any atom is 0.314 e. The van der Waals surface area contributed by atoms with Crippen molar-refractivity contribution >= 4 is 11.8 Å². The Kier molecular flexibility index (Phi) is 4.28. The van der Waals surface area contributed by atoms with Crippen LogP contribution in [0.25, 0.3) is 0 Å². The van der Waals surface area contributed by atoms with E-state index < -0.39 is 11.9 Å². The molecule has 0 spiro atoms. The molecule has 0 aromatic heterocycles. The van der Waals surface area contributed by atoms with Gasteiger partial charge in [0.15, 0.2) is 5.78 Å². The smallest absolute Gasteiger partial charge is 0.314 e. The zero-order valence-electron chi connectivity index (χ0n) is 11.6. The number of rotatable bonds is 4. The minimum absolute atomic E-state index is 0.213. The van der Waals surface area contributed by atoms with Crippen molar-refractivity contribution in [3.8, 4) is 0 Å². The molecule has 1 aromatic carbocycles. The first-order valence-corrected chi connectivity index (χ1v) is 6.10. The summed E-state index contributed by atoms with van der Waals surface area (Å²) in [6.45, 7) is 9.19. The van der Waals surface area contributed by atoms with Crippen LogP contribution in [0, 0.1) is 32.6 Å². The molecule has 3 heteroatoms. The standard InChI is InChI=1S/C15H20O3/c1-8(2)12(15(17)18)14(16)13-10(4)6-9(3)7-11(13)5/h6-8,12H,1-5H3,(H,17,18). The summed E-state index contributed by atoms with van der Waals surface area (Å²) in [5.41, 5.74) is 3.34. The molecule has 1 atom stereocenters. The number of carboxylic acids is 1. The Morgan fingerprint density at radius 2 is 1.50 bits per heavy atom. The second-order valence-corrected chi connectivity index (χ2v) is 5.20. The third-order valence-corrected chi connectivity index (χ3v) is 3.14. The van der Waals surface area contributed by atoms with E-state index in [-0.39, 0.29) is 11.7 Å². The quantitative estimate of drug-likeness (QED) is 0.657. The lowest BCUT2D eigenvalue weighted by atomic mass is 9.84. The molecule has 0 bridgehead atoms. The van der Waals surface area contributed by atoms with Crippen molar-refractivity contribution in [1.82, 2.24) is 0 Å². The average molecular weight is 248 g/mol. The molecular weight excluding hydrogens is 228 g/mol. The molecule has 0 fully saturated rings. The van der Waals surface area contributed by atoms with Crippen molar-refractivity contribution < 1.29 is 14.7 Å². The molecule has 0 amide bonds. The first-order chi connectivity index (χ1) is 8.25. The van der Waals surface area contributed by atoms with E-state index in [2.05, 4.69) is 0 Å². The summed E-state index contributed by atoms with van der Waals surface area (Å²) in [7, 11) is 0. The van der Waals surface area contributed by atoms with Gasteiger partial charge in [0.2, 0.25) is 0 Å². The van der Waals surface area contributed by atoms with Gasteiger partial charge < -0.3 is 5.11 Å². The average Bonchev–Trinajstić information content (AvgIpc) is 2.13. The predicted octanol–water partition coefficient (Wildman–Crippen LogP) is 3.15. The summed E-state index contributed by atoms with van der Waals surface area (Å²) < 4.78 is 0. The van der Waals surface area contributed by atoms with Gasteiger partial charge in [-0.2, -0.15) is 0 Å². The number of aryl methyl sites for hydroxylation is 3. The lowest BCUT2D eigenvalue weighted by molar-refractivity contribution is -0.141. The van der Waals surface area contributed by atoms with Crippen molar-refractivity contribution in [3.63, 3.8) is 0 Å². The van der Waals surface area contributed by atoms with E-state index in [0.717, 1.165) is 16.7 Å². The molecule has 0 aliphatic heterocycles. The highest BCUT2D eigenvalue weighted by Gasteiger charge is 2.31. The number of aliphatic carboxylic acids is 1. The van der Waals surface area contributed by atoms with Gasteiger partial charge in [0.05, 0.1) is 0 Å². The predicted molar refractivity (Wildman–Crippen MR) is 70.9 cm³/mol. The Hall–Kier alpha value is -1.64. The minimum Gasteiger partial charge on any atom is -0.481 e. The number of benzene rings is 1. The van der Waals surface area contributed by atoms with Gasteiger partial charge in [-0.15, -0.1) is 0 Å². The van der Waals surface area contributed by atoms with Crippen LogP contribution in [-0.4, -0.2) is 16.9 Å². The van der Waals surface area contributed by atoms with E-state index in [0.29, 0.717) is 5.56 Å². The van der Waals surface area contributed by atoms with Crippen molar-refractivity contribution in [2.75, 3.05) is 0 Å². The number of carboxylic acid groups (broad SMARTS) is 1. The van der Waals surface area contributed by atoms with Gasteiger partial charge in [-0.05, 0) is 37.8 Å². The Morgan fingerprint density at radius 1 is 1.06 bits per heavy atom. The first-order valence-electron chi connectivity index (χ1n) is 6.10. The topological polar surface area (TPSA) is 54.4 Å². The van der Waals surface area contributed by atoms with Gasteiger partial charge >= 0.3 is 5.97 Å². The van der Waals surface area contributed by atoms with Gasteiger partial charge in [-0.25, -0.2) is 0 Å². The number of carbonyl (C=O) groups is 2. The maximum atomic E-state index is 12.4. The van der Waals surface area contributed by atoms with Crippen LogP contribution in [0.5, 0.6) is 0 Å². The third-order valence-electron chi connectivity index (χ3n) is 3.14. The number of hydrogen-bond acceptors (Lipinski definition) is 2. The van der Waals surface area contributed by atoms with E-state index >= 15 is 0 Å². The highest BCUT2D eigenvalue weighted by Crippen LogP contribution is 2.24. The molecular formula is C15H20O3. The van der Waals surface area contributed by atoms with Crippen LogP contribution < -0.4 is 0 Å². The zero-order valence-corrected chi connectivity index (χ0v) is 11.6. The lowest BCUT2D eigenvalue weighted by Crippen LogP contribution is -2.29. The molecule has 0 radical (unpaired) electrons. The van der Waals surface area contributed by atoms with Crippen LogP contribution in [-0.2, 0) is 4.79 Å². The van der Waals surface area contributed by atoms with Crippen molar-refractivity contribution in [2.45, 2.75) is 34.6 Å². The molecule has 18 heavy (non-hydrogen) atoms. The van der Waals surface area contributed by atoms with Crippen LogP contribution in [0.4, 0.5) is 0 Å². The molecule has 1 aromatic rings. The molecule has 0 aliphatic rings.